The molecule has 3 rings (SSSR count). The molecule has 2 N–H and O–H groups in total. The summed E-state index contributed by atoms with van der Waals surface area (Å²) in [4.78, 5) is 14.2. The monoisotopic (exact) mass is 314 g/mol. The number of aliphatic hydroxyl groups is 1. The number of aryl methyl sites for hydroxylation is 1. The number of hydrogen-bond donors (Lipinski definition) is 2. The van der Waals surface area contributed by atoms with Crippen LogP contribution in [0, 0.1) is 5.82 Å². The number of benzene rings is 2. The van der Waals surface area contributed by atoms with Gasteiger partial charge in [0, 0.05) is 12.2 Å². The maximum Gasteiger partial charge on any atom is 0.322 e. The summed E-state index contributed by atoms with van der Waals surface area (Å²) in [7, 11) is 0. The van der Waals surface area contributed by atoms with Gasteiger partial charge in [0.25, 0.3) is 0 Å². The number of anilines is 1. The summed E-state index contributed by atoms with van der Waals surface area (Å²) < 4.78 is 13.3. The molecule has 120 valence electrons. The van der Waals surface area contributed by atoms with Gasteiger partial charge in [-0.3, -0.25) is 0 Å². The molecule has 23 heavy (non-hydrogen) atoms. The topological polar surface area (TPSA) is 52.6 Å². The van der Waals surface area contributed by atoms with Crippen molar-refractivity contribution in [1.29, 1.82) is 0 Å². The van der Waals surface area contributed by atoms with Gasteiger partial charge < -0.3 is 15.3 Å². The summed E-state index contributed by atoms with van der Waals surface area (Å²) >= 11 is 0. The number of urea groups is 1. The van der Waals surface area contributed by atoms with E-state index in [0.717, 1.165) is 18.4 Å². The van der Waals surface area contributed by atoms with Crippen molar-refractivity contribution in [1.82, 2.24) is 4.90 Å². The smallest absolute Gasteiger partial charge is 0.322 e. The highest BCUT2D eigenvalue weighted by Crippen LogP contribution is 2.35. The van der Waals surface area contributed by atoms with E-state index in [0.29, 0.717) is 5.69 Å². The number of halogens is 1. The number of nitrogens with zero attached hydrogens (tertiary/aromatic N) is 1. The molecule has 0 saturated heterocycles. The number of hydrogen-bond acceptors (Lipinski definition) is 2. The number of nitrogens with one attached hydrogen (secondary N) is 1. The molecule has 1 aliphatic carbocycles. The van der Waals surface area contributed by atoms with Gasteiger partial charge in [-0.1, -0.05) is 30.3 Å². The van der Waals surface area contributed by atoms with Crippen LogP contribution in [0.25, 0.3) is 0 Å². The maximum atomic E-state index is 13.3. The zero-order valence-electron chi connectivity index (χ0n) is 12.7. The Kier molecular flexibility index (Phi) is 4.57. The molecular weight excluding hydrogens is 295 g/mol. The van der Waals surface area contributed by atoms with E-state index in [4.69, 9.17) is 0 Å². The van der Waals surface area contributed by atoms with Crippen molar-refractivity contribution in [3.63, 3.8) is 0 Å². The lowest BCUT2D eigenvalue weighted by molar-refractivity contribution is 0.162. The van der Waals surface area contributed by atoms with Gasteiger partial charge in [0.05, 0.1) is 12.6 Å². The molecule has 0 fully saturated rings. The largest absolute Gasteiger partial charge is 0.395 e. The summed E-state index contributed by atoms with van der Waals surface area (Å²) in [6.07, 6.45) is 1.74. The Morgan fingerprint density at radius 2 is 2.09 bits per heavy atom. The first kappa shape index (κ1) is 15.5. The summed E-state index contributed by atoms with van der Waals surface area (Å²) in [5, 5.41) is 12.0. The van der Waals surface area contributed by atoms with Crippen LogP contribution in [0.4, 0.5) is 14.9 Å². The van der Waals surface area contributed by atoms with Gasteiger partial charge in [0.2, 0.25) is 0 Å². The fourth-order valence-electron chi connectivity index (χ4n) is 3.13. The molecule has 4 nitrogen and oxygen atoms in total. The maximum absolute atomic E-state index is 13.3. The Morgan fingerprint density at radius 1 is 1.26 bits per heavy atom. The zero-order valence-corrected chi connectivity index (χ0v) is 12.7. The second-order valence-corrected chi connectivity index (χ2v) is 5.61. The van der Waals surface area contributed by atoms with E-state index in [1.54, 1.807) is 17.0 Å². The Bertz CT molecular complexity index is 705. The standard InChI is InChI=1S/C18H19FN2O2/c19-14-5-3-6-15(12-14)20-18(23)21(10-11-22)17-9-8-13-4-1-2-7-16(13)17/h1-7,12,17,22H,8-11H2,(H,20,23). The highest BCUT2D eigenvalue weighted by molar-refractivity contribution is 5.89. The Hall–Kier alpha value is -2.40. The van der Waals surface area contributed by atoms with Crippen molar-refractivity contribution in [3.8, 4) is 0 Å². The van der Waals surface area contributed by atoms with Crippen LogP contribution in [-0.4, -0.2) is 29.2 Å². The number of carbonyl (C=O) groups is 1. The van der Waals surface area contributed by atoms with Crippen molar-refractivity contribution in [2.24, 2.45) is 0 Å². The first-order valence-electron chi connectivity index (χ1n) is 7.71. The molecule has 0 radical (unpaired) electrons. The van der Waals surface area contributed by atoms with Crippen LogP contribution < -0.4 is 5.32 Å². The van der Waals surface area contributed by atoms with Crippen LogP contribution in [-0.2, 0) is 6.42 Å². The molecule has 2 aromatic carbocycles. The van der Waals surface area contributed by atoms with E-state index < -0.39 is 5.82 Å². The van der Waals surface area contributed by atoms with Crippen LogP contribution in [0.3, 0.4) is 0 Å². The third kappa shape index (κ3) is 3.35. The molecule has 0 aromatic heterocycles. The molecule has 0 aliphatic heterocycles. The van der Waals surface area contributed by atoms with Crippen LogP contribution >= 0.6 is 0 Å². The highest BCUT2D eigenvalue weighted by atomic mass is 19.1. The zero-order chi connectivity index (χ0) is 16.2. The summed E-state index contributed by atoms with van der Waals surface area (Å²) in [5.41, 5.74) is 2.76. The van der Waals surface area contributed by atoms with Crippen molar-refractivity contribution in [3.05, 3.63) is 65.5 Å². The van der Waals surface area contributed by atoms with E-state index in [2.05, 4.69) is 11.4 Å². The van der Waals surface area contributed by atoms with Gasteiger partial charge in [-0.2, -0.15) is 0 Å². The third-order valence-corrected chi connectivity index (χ3v) is 4.16. The fourth-order valence-corrected chi connectivity index (χ4v) is 3.13. The van der Waals surface area contributed by atoms with Crippen LogP contribution in [0.15, 0.2) is 48.5 Å². The first-order chi connectivity index (χ1) is 11.2. The molecule has 0 heterocycles. The van der Waals surface area contributed by atoms with Gasteiger partial charge in [0.1, 0.15) is 5.82 Å². The molecule has 0 spiro atoms. The summed E-state index contributed by atoms with van der Waals surface area (Å²) in [5.74, 6) is -0.400. The molecule has 1 aliphatic rings. The van der Waals surface area contributed by atoms with E-state index in [1.165, 1.54) is 17.7 Å². The quantitative estimate of drug-likeness (QED) is 0.909. The lowest BCUT2D eigenvalue weighted by Crippen LogP contribution is -2.39. The second-order valence-electron chi connectivity index (χ2n) is 5.61. The number of fused-ring (bicyclic) bond motifs is 1. The normalized spacial score (nSPS) is 16.0. The van der Waals surface area contributed by atoms with Gasteiger partial charge >= 0.3 is 6.03 Å². The minimum atomic E-state index is -0.400. The number of carbonyl (C=O) groups excluding carboxylic acids is 1. The van der Waals surface area contributed by atoms with Crippen LogP contribution in [0.1, 0.15) is 23.6 Å². The average Bonchev–Trinajstić information content (AvgIpc) is 2.96. The number of aliphatic hydroxyl groups excluding tert-OH is 1. The van der Waals surface area contributed by atoms with Gasteiger partial charge in [0.15, 0.2) is 0 Å². The Labute approximate surface area is 134 Å². The molecule has 2 aromatic rings. The molecule has 1 atom stereocenters. The predicted octanol–water partition coefficient (Wildman–Crippen LogP) is 3.34. The fraction of sp³-hybridized carbons (Fsp3) is 0.278. The minimum Gasteiger partial charge on any atom is -0.395 e. The molecule has 5 heteroatoms. The molecule has 2 amide bonds. The van der Waals surface area contributed by atoms with Crippen LogP contribution in [0.5, 0.6) is 0 Å². The van der Waals surface area contributed by atoms with Crippen LogP contribution in [0.2, 0.25) is 0 Å². The summed E-state index contributed by atoms with van der Waals surface area (Å²) in [6.45, 7) is 0.120. The number of amides is 2. The highest BCUT2D eigenvalue weighted by Gasteiger charge is 2.30. The number of rotatable bonds is 4. The van der Waals surface area contributed by atoms with Crippen molar-refractivity contribution in [2.75, 3.05) is 18.5 Å². The van der Waals surface area contributed by atoms with Gasteiger partial charge in [-0.15, -0.1) is 0 Å². The SMILES string of the molecule is O=C(Nc1cccc(F)c1)N(CCO)C1CCc2ccccc21. The molecule has 0 bridgehead atoms. The summed E-state index contributed by atoms with van der Waals surface area (Å²) in [6, 6.07) is 13.4. The Morgan fingerprint density at radius 3 is 2.87 bits per heavy atom. The lowest BCUT2D eigenvalue weighted by Gasteiger charge is -2.29. The van der Waals surface area contributed by atoms with E-state index in [1.807, 2.05) is 18.2 Å². The van der Waals surface area contributed by atoms with Gasteiger partial charge in [-0.05, 0) is 42.2 Å². The van der Waals surface area contributed by atoms with E-state index in [9.17, 15) is 14.3 Å². The second kappa shape index (κ2) is 6.79. The third-order valence-electron chi connectivity index (χ3n) is 4.16. The average molecular weight is 314 g/mol. The van der Waals surface area contributed by atoms with Gasteiger partial charge in [-0.25, -0.2) is 9.18 Å². The molecular formula is C18H19FN2O2. The minimum absolute atomic E-state index is 0.0630. The first-order valence-corrected chi connectivity index (χ1v) is 7.71. The Balaban J connectivity index is 1.80. The van der Waals surface area contributed by atoms with Crippen molar-refractivity contribution in [2.45, 2.75) is 18.9 Å². The van der Waals surface area contributed by atoms with E-state index in [-0.39, 0.29) is 25.2 Å². The van der Waals surface area contributed by atoms with Crippen molar-refractivity contribution >= 4 is 11.7 Å². The van der Waals surface area contributed by atoms with Crippen molar-refractivity contribution < 1.29 is 14.3 Å². The van der Waals surface area contributed by atoms with E-state index >= 15 is 0 Å². The lowest BCUT2D eigenvalue weighted by atomic mass is 10.1. The predicted molar refractivity (Wildman–Crippen MR) is 86.7 cm³/mol. The molecule has 0 saturated carbocycles. The molecule has 1 unspecified atom stereocenters.